The van der Waals surface area contributed by atoms with Crippen LogP contribution in [0.3, 0.4) is 0 Å². The Balaban J connectivity index is 1.80. The molecule has 6 heteroatoms. The number of hydrogen-bond acceptors (Lipinski definition) is 4. The van der Waals surface area contributed by atoms with Crippen molar-refractivity contribution < 1.29 is 9.21 Å². The number of halogens is 1. The normalized spacial score (nSPS) is 11.2. The SMILES string of the molecule is O=C(NN=Cc1ccco1)c1sc2ccccc2c1Cl. The molecular formula is C14H9ClN2O2S. The molecule has 3 aromatic rings. The summed E-state index contributed by atoms with van der Waals surface area (Å²) >= 11 is 7.55. The van der Waals surface area contributed by atoms with Gasteiger partial charge in [0.15, 0.2) is 0 Å². The van der Waals surface area contributed by atoms with Crippen molar-refractivity contribution in [1.29, 1.82) is 0 Å². The van der Waals surface area contributed by atoms with Crippen LogP contribution >= 0.6 is 22.9 Å². The molecule has 0 spiro atoms. The number of nitrogens with zero attached hydrogens (tertiary/aromatic N) is 1. The summed E-state index contributed by atoms with van der Waals surface area (Å²) in [7, 11) is 0. The van der Waals surface area contributed by atoms with Crippen LogP contribution in [0.2, 0.25) is 5.02 Å². The van der Waals surface area contributed by atoms with Crippen LogP contribution in [0.1, 0.15) is 15.4 Å². The lowest BCUT2D eigenvalue weighted by Crippen LogP contribution is -2.16. The van der Waals surface area contributed by atoms with E-state index in [1.54, 1.807) is 12.1 Å². The molecule has 0 aliphatic heterocycles. The summed E-state index contributed by atoms with van der Waals surface area (Å²) in [5.74, 6) is 0.228. The molecule has 0 bridgehead atoms. The minimum Gasteiger partial charge on any atom is -0.463 e. The molecular weight excluding hydrogens is 296 g/mol. The maximum absolute atomic E-state index is 12.0. The van der Waals surface area contributed by atoms with Crippen LogP contribution in [0.15, 0.2) is 52.2 Å². The third-order valence-corrected chi connectivity index (χ3v) is 4.32. The molecule has 0 saturated heterocycles. The highest BCUT2D eigenvalue weighted by Crippen LogP contribution is 2.34. The molecule has 0 radical (unpaired) electrons. The lowest BCUT2D eigenvalue weighted by Gasteiger charge is -1.96. The lowest BCUT2D eigenvalue weighted by molar-refractivity contribution is 0.0959. The zero-order chi connectivity index (χ0) is 13.9. The summed E-state index contributed by atoms with van der Waals surface area (Å²) in [6, 6.07) is 11.1. The molecule has 0 fully saturated rings. The highest BCUT2D eigenvalue weighted by Gasteiger charge is 2.16. The maximum Gasteiger partial charge on any atom is 0.283 e. The Morgan fingerprint density at radius 2 is 2.15 bits per heavy atom. The van der Waals surface area contributed by atoms with Crippen LogP contribution in [-0.4, -0.2) is 12.1 Å². The van der Waals surface area contributed by atoms with Gasteiger partial charge in [0.1, 0.15) is 10.6 Å². The summed E-state index contributed by atoms with van der Waals surface area (Å²) in [4.78, 5) is 12.5. The monoisotopic (exact) mass is 304 g/mol. The number of rotatable bonds is 3. The molecule has 1 aromatic carbocycles. The van der Waals surface area contributed by atoms with E-state index in [1.165, 1.54) is 23.8 Å². The quantitative estimate of drug-likeness (QED) is 0.589. The summed E-state index contributed by atoms with van der Waals surface area (Å²) in [5, 5.41) is 5.16. The van der Waals surface area contributed by atoms with E-state index < -0.39 is 0 Å². The number of fused-ring (bicyclic) bond motifs is 1. The van der Waals surface area contributed by atoms with E-state index in [1.807, 2.05) is 24.3 Å². The van der Waals surface area contributed by atoms with E-state index in [9.17, 15) is 4.79 Å². The minimum atomic E-state index is -0.334. The zero-order valence-electron chi connectivity index (χ0n) is 10.2. The van der Waals surface area contributed by atoms with Crippen LogP contribution in [0.25, 0.3) is 10.1 Å². The van der Waals surface area contributed by atoms with Crippen LogP contribution < -0.4 is 5.43 Å². The largest absolute Gasteiger partial charge is 0.463 e. The fourth-order valence-corrected chi connectivity index (χ4v) is 3.14. The predicted molar refractivity (Wildman–Crippen MR) is 80.6 cm³/mol. The molecule has 4 nitrogen and oxygen atoms in total. The first-order chi connectivity index (χ1) is 9.75. The van der Waals surface area contributed by atoms with E-state index in [2.05, 4.69) is 10.5 Å². The molecule has 2 heterocycles. The van der Waals surface area contributed by atoms with Gasteiger partial charge in [-0.15, -0.1) is 11.3 Å². The van der Waals surface area contributed by atoms with Gasteiger partial charge in [-0.2, -0.15) is 5.10 Å². The van der Waals surface area contributed by atoms with E-state index in [0.717, 1.165) is 10.1 Å². The molecule has 0 atom stereocenters. The lowest BCUT2D eigenvalue weighted by atomic mass is 10.2. The molecule has 1 amide bonds. The van der Waals surface area contributed by atoms with Crippen LogP contribution in [0.4, 0.5) is 0 Å². The second kappa shape index (κ2) is 5.48. The van der Waals surface area contributed by atoms with Gasteiger partial charge in [0, 0.05) is 10.1 Å². The first-order valence-corrected chi connectivity index (χ1v) is 6.99. The summed E-state index contributed by atoms with van der Waals surface area (Å²) in [6.07, 6.45) is 2.96. The zero-order valence-corrected chi connectivity index (χ0v) is 11.7. The third kappa shape index (κ3) is 2.45. The number of carbonyl (C=O) groups excluding carboxylic acids is 1. The molecule has 100 valence electrons. The Bertz CT molecular complexity index is 778. The van der Waals surface area contributed by atoms with E-state index >= 15 is 0 Å². The molecule has 0 unspecified atom stereocenters. The van der Waals surface area contributed by atoms with Gasteiger partial charge in [-0.05, 0) is 18.2 Å². The minimum absolute atomic E-state index is 0.334. The number of thiophene rings is 1. The number of hydrogen-bond donors (Lipinski definition) is 1. The maximum atomic E-state index is 12.0. The van der Waals surface area contributed by atoms with Gasteiger partial charge < -0.3 is 4.42 Å². The average molecular weight is 305 g/mol. The first-order valence-electron chi connectivity index (χ1n) is 5.79. The summed E-state index contributed by atoms with van der Waals surface area (Å²) in [6.45, 7) is 0. The highest BCUT2D eigenvalue weighted by atomic mass is 35.5. The van der Waals surface area contributed by atoms with Gasteiger partial charge in [-0.1, -0.05) is 29.8 Å². The molecule has 0 saturated carbocycles. The van der Waals surface area contributed by atoms with Gasteiger partial charge in [-0.25, -0.2) is 5.43 Å². The molecule has 3 rings (SSSR count). The topological polar surface area (TPSA) is 54.6 Å². The van der Waals surface area contributed by atoms with Gasteiger partial charge in [0.2, 0.25) is 0 Å². The molecule has 0 aliphatic carbocycles. The predicted octanol–water partition coefficient (Wildman–Crippen LogP) is 3.91. The molecule has 0 aliphatic rings. The number of nitrogens with one attached hydrogen (secondary N) is 1. The van der Waals surface area contributed by atoms with Crippen molar-refractivity contribution >= 4 is 45.1 Å². The fourth-order valence-electron chi connectivity index (χ4n) is 1.73. The number of benzene rings is 1. The van der Waals surface area contributed by atoms with Crippen molar-refractivity contribution in [3.8, 4) is 0 Å². The number of hydrazone groups is 1. The molecule has 20 heavy (non-hydrogen) atoms. The Morgan fingerprint density at radius 1 is 1.30 bits per heavy atom. The Kier molecular flexibility index (Phi) is 3.54. The van der Waals surface area contributed by atoms with Crippen molar-refractivity contribution in [2.24, 2.45) is 5.10 Å². The average Bonchev–Trinajstić information content (AvgIpc) is 3.08. The molecule has 2 aromatic heterocycles. The summed E-state index contributed by atoms with van der Waals surface area (Å²) < 4.78 is 6.04. The second-order valence-corrected chi connectivity index (χ2v) is 5.39. The summed E-state index contributed by atoms with van der Waals surface area (Å²) in [5.41, 5.74) is 2.44. The standard InChI is InChI=1S/C14H9ClN2O2S/c15-12-10-5-1-2-6-11(10)20-13(12)14(18)17-16-8-9-4-3-7-19-9/h1-8H,(H,17,18). The van der Waals surface area contributed by atoms with Crippen LogP contribution in [0, 0.1) is 0 Å². The van der Waals surface area contributed by atoms with E-state index in [-0.39, 0.29) is 5.91 Å². The van der Waals surface area contributed by atoms with Crippen LogP contribution in [0.5, 0.6) is 0 Å². The Hall–Kier alpha value is -2.11. The third-order valence-electron chi connectivity index (χ3n) is 2.64. The number of amides is 1. The smallest absolute Gasteiger partial charge is 0.283 e. The number of furan rings is 1. The van der Waals surface area contributed by atoms with Gasteiger partial charge >= 0.3 is 0 Å². The van der Waals surface area contributed by atoms with Crippen molar-refractivity contribution in [3.05, 3.63) is 58.3 Å². The number of carbonyl (C=O) groups is 1. The van der Waals surface area contributed by atoms with Gasteiger partial charge in [-0.3, -0.25) is 4.79 Å². The van der Waals surface area contributed by atoms with Crippen molar-refractivity contribution in [2.75, 3.05) is 0 Å². The Morgan fingerprint density at radius 3 is 2.90 bits per heavy atom. The van der Waals surface area contributed by atoms with Gasteiger partial charge in [0.05, 0.1) is 17.5 Å². The first kappa shape index (κ1) is 12.9. The fraction of sp³-hybridized carbons (Fsp3) is 0. The second-order valence-electron chi connectivity index (χ2n) is 3.96. The van der Waals surface area contributed by atoms with Crippen molar-refractivity contribution in [2.45, 2.75) is 0 Å². The van der Waals surface area contributed by atoms with Gasteiger partial charge in [0.25, 0.3) is 5.91 Å². The van der Waals surface area contributed by atoms with E-state index in [4.69, 9.17) is 16.0 Å². The highest BCUT2D eigenvalue weighted by molar-refractivity contribution is 7.21. The van der Waals surface area contributed by atoms with E-state index in [0.29, 0.717) is 15.7 Å². The van der Waals surface area contributed by atoms with Crippen molar-refractivity contribution in [3.63, 3.8) is 0 Å². The van der Waals surface area contributed by atoms with Crippen LogP contribution in [-0.2, 0) is 0 Å². The Labute approximate surface area is 123 Å². The van der Waals surface area contributed by atoms with Crippen molar-refractivity contribution in [1.82, 2.24) is 5.43 Å². The molecule has 1 N–H and O–H groups in total.